The molecule has 1 aliphatic rings. The number of benzene rings is 1. The predicted molar refractivity (Wildman–Crippen MR) is 135 cm³/mol. The monoisotopic (exact) mass is 535 g/mol. The van der Waals surface area contributed by atoms with Crippen molar-refractivity contribution in [1.82, 2.24) is 10.3 Å². The van der Waals surface area contributed by atoms with Crippen molar-refractivity contribution in [2.45, 2.75) is 29.8 Å². The second-order valence-electron chi connectivity index (χ2n) is 7.76. The van der Waals surface area contributed by atoms with E-state index in [4.69, 9.17) is 21.1 Å². The Morgan fingerprint density at radius 1 is 1.14 bits per heavy atom. The summed E-state index contributed by atoms with van der Waals surface area (Å²) in [4.78, 5) is 53.1. The highest BCUT2D eigenvalue weighted by Gasteiger charge is 2.35. The van der Waals surface area contributed by atoms with Crippen molar-refractivity contribution in [3.63, 3.8) is 0 Å². The van der Waals surface area contributed by atoms with Crippen LogP contribution in [0.4, 0.5) is 5.82 Å². The summed E-state index contributed by atoms with van der Waals surface area (Å²) in [6.07, 6.45) is 1.12. The number of halogens is 1. The van der Waals surface area contributed by atoms with Crippen molar-refractivity contribution in [3.8, 4) is 11.5 Å². The number of anilines is 1. The Bertz CT molecular complexity index is 1160. The quantitative estimate of drug-likeness (QED) is 0.440. The van der Waals surface area contributed by atoms with Gasteiger partial charge >= 0.3 is 5.97 Å². The Morgan fingerprint density at radius 2 is 1.92 bits per heavy atom. The van der Waals surface area contributed by atoms with Crippen LogP contribution in [-0.2, 0) is 23.9 Å². The zero-order valence-electron chi connectivity index (χ0n) is 20.0. The molecule has 1 aliphatic heterocycles. The van der Waals surface area contributed by atoms with Crippen molar-refractivity contribution in [2.75, 3.05) is 33.2 Å². The first-order chi connectivity index (χ1) is 17.3. The van der Waals surface area contributed by atoms with Gasteiger partial charge in [-0.15, -0.1) is 11.8 Å². The third kappa shape index (κ3) is 6.67. The number of methoxy groups -OCH3 is 3. The molecule has 2 N–H and O–H groups in total. The first kappa shape index (κ1) is 27.3. The maximum Gasteiger partial charge on any atom is 0.305 e. The van der Waals surface area contributed by atoms with Gasteiger partial charge in [0.25, 0.3) is 0 Å². The van der Waals surface area contributed by atoms with Crippen molar-refractivity contribution in [1.29, 1.82) is 0 Å². The van der Waals surface area contributed by atoms with E-state index in [1.165, 1.54) is 39.3 Å². The summed E-state index contributed by atoms with van der Waals surface area (Å²) in [5, 5.41) is 4.39. The molecule has 0 saturated heterocycles. The molecule has 0 radical (unpaired) electrons. The molecule has 1 aromatic heterocycles. The molecule has 192 valence electrons. The fraction of sp³-hybridized carbons (Fsp3) is 0.375. The summed E-state index contributed by atoms with van der Waals surface area (Å²) >= 11 is 7.47. The molecular formula is C24H26ClN3O7S. The number of fused-ring (bicyclic) bond motifs is 1. The summed E-state index contributed by atoms with van der Waals surface area (Å²) in [6, 6.07) is 7.11. The molecule has 12 heteroatoms. The van der Waals surface area contributed by atoms with Gasteiger partial charge in [0.05, 0.1) is 49.8 Å². The number of carbonyl (C=O) groups excluding carboxylic acids is 4. The molecule has 36 heavy (non-hydrogen) atoms. The molecule has 0 saturated carbocycles. The van der Waals surface area contributed by atoms with Gasteiger partial charge in [0.1, 0.15) is 5.82 Å². The minimum Gasteiger partial charge on any atom is -0.493 e. The van der Waals surface area contributed by atoms with Crippen molar-refractivity contribution in [2.24, 2.45) is 0 Å². The lowest BCUT2D eigenvalue weighted by Gasteiger charge is -2.22. The van der Waals surface area contributed by atoms with E-state index >= 15 is 0 Å². The van der Waals surface area contributed by atoms with Crippen LogP contribution in [0.2, 0.25) is 5.02 Å². The van der Waals surface area contributed by atoms with Crippen LogP contribution in [0.5, 0.6) is 11.5 Å². The molecule has 2 atom stereocenters. The second-order valence-corrected chi connectivity index (χ2v) is 9.51. The summed E-state index contributed by atoms with van der Waals surface area (Å²) in [6.45, 7) is -0.251. The van der Waals surface area contributed by atoms with Crippen LogP contribution in [0.1, 0.15) is 35.6 Å². The average molecular weight is 536 g/mol. The fourth-order valence-corrected chi connectivity index (χ4v) is 5.21. The standard InChI is InChI=1S/C24H26ClN3O7S/c1-33-17-6-4-5-15(21(17)35-3)22-16-9-13(25)11-27-23(16)28-24(32)18(36-22)10-19(30)26-12-14(29)7-8-20(31)34-2/h4-6,9,11,18,22H,7-8,10,12H2,1-3H3,(H,26,30)(H,27,28,32)/t18-,22-/m1/s1. The summed E-state index contributed by atoms with van der Waals surface area (Å²) < 4.78 is 15.6. The van der Waals surface area contributed by atoms with Crippen LogP contribution in [0.25, 0.3) is 0 Å². The number of Topliss-reactive ketones (excluding diaryl/α,β-unsaturated/α-hetero) is 1. The van der Waals surface area contributed by atoms with E-state index in [0.29, 0.717) is 33.5 Å². The number of nitrogens with zero attached hydrogens (tertiary/aromatic N) is 1. The lowest BCUT2D eigenvalue weighted by atomic mass is 10.0. The molecular weight excluding hydrogens is 510 g/mol. The van der Waals surface area contributed by atoms with E-state index in [-0.39, 0.29) is 31.6 Å². The van der Waals surface area contributed by atoms with Gasteiger partial charge in [0, 0.05) is 30.2 Å². The Balaban J connectivity index is 1.83. The van der Waals surface area contributed by atoms with Crippen LogP contribution in [0, 0.1) is 0 Å². The number of hydrogen-bond acceptors (Lipinski definition) is 9. The molecule has 0 unspecified atom stereocenters. The van der Waals surface area contributed by atoms with Gasteiger partial charge in [-0.05, 0) is 12.1 Å². The van der Waals surface area contributed by atoms with Crippen LogP contribution in [0.15, 0.2) is 30.5 Å². The lowest BCUT2D eigenvalue weighted by Crippen LogP contribution is -2.35. The van der Waals surface area contributed by atoms with E-state index < -0.39 is 28.3 Å². The van der Waals surface area contributed by atoms with Crippen LogP contribution in [-0.4, -0.2) is 61.7 Å². The zero-order valence-corrected chi connectivity index (χ0v) is 21.5. The van der Waals surface area contributed by atoms with Crippen LogP contribution >= 0.6 is 23.4 Å². The summed E-state index contributed by atoms with van der Waals surface area (Å²) in [5.74, 6) is -0.402. The average Bonchev–Trinajstić information content (AvgIpc) is 3.01. The van der Waals surface area contributed by atoms with Crippen LogP contribution in [0.3, 0.4) is 0 Å². The number of nitrogens with one attached hydrogen (secondary N) is 2. The van der Waals surface area contributed by atoms with E-state index in [2.05, 4.69) is 20.4 Å². The number of aromatic nitrogens is 1. The molecule has 3 rings (SSSR count). The van der Waals surface area contributed by atoms with Crippen molar-refractivity contribution in [3.05, 3.63) is 46.6 Å². The fourth-order valence-electron chi connectivity index (χ4n) is 3.63. The van der Waals surface area contributed by atoms with Gasteiger partial charge in [-0.25, -0.2) is 4.98 Å². The number of esters is 1. The van der Waals surface area contributed by atoms with E-state index in [0.717, 1.165) is 0 Å². The molecule has 2 aromatic rings. The molecule has 2 heterocycles. The van der Waals surface area contributed by atoms with Crippen LogP contribution < -0.4 is 20.1 Å². The number of pyridine rings is 1. The Labute approximate surface area is 217 Å². The molecule has 0 spiro atoms. The third-order valence-electron chi connectivity index (χ3n) is 5.41. The number of para-hydroxylation sites is 1. The minimum atomic E-state index is -0.816. The number of ketones is 1. The number of hydrogen-bond donors (Lipinski definition) is 2. The minimum absolute atomic E-state index is 0.0505. The Hall–Kier alpha value is -3.31. The predicted octanol–water partition coefficient (Wildman–Crippen LogP) is 2.92. The topological polar surface area (TPSA) is 133 Å². The first-order valence-electron chi connectivity index (χ1n) is 10.9. The zero-order chi connectivity index (χ0) is 26.2. The van der Waals surface area contributed by atoms with Crippen molar-refractivity contribution < 1.29 is 33.4 Å². The Morgan fingerprint density at radius 3 is 2.61 bits per heavy atom. The molecule has 0 fully saturated rings. The molecule has 2 amide bonds. The van der Waals surface area contributed by atoms with E-state index in [1.807, 2.05) is 6.07 Å². The number of ether oxygens (including phenoxy) is 3. The SMILES string of the molecule is COC(=O)CCC(=O)CNC(=O)C[C@H]1S[C@H](c2cccc(OC)c2OC)c2cc(Cl)cnc2NC1=O. The lowest BCUT2D eigenvalue weighted by molar-refractivity contribution is -0.141. The maximum absolute atomic E-state index is 13.0. The Kier molecular flexibility index (Phi) is 9.54. The highest BCUT2D eigenvalue weighted by atomic mass is 35.5. The van der Waals surface area contributed by atoms with Gasteiger partial charge in [-0.3, -0.25) is 19.2 Å². The van der Waals surface area contributed by atoms with E-state index in [1.54, 1.807) is 18.2 Å². The number of carbonyl (C=O) groups is 4. The smallest absolute Gasteiger partial charge is 0.305 e. The van der Waals surface area contributed by atoms with Gasteiger partial charge < -0.3 is 24.8 Å². The highest BCUT2D eigenvalue weighted by molar-refractivity contribution is 8.01. The number of amides is 2. The van der Waals surface area contributed by atoms with Gasteiger partial charge in [0.15, 0.2) is 17.3 Å². The van der Waals surface area contributed by atoms with Gasteiger partial charge in [-0.2, -0.15) is 0 Å². The number of rotatable bonds is 10. The normalized spacial score (nSPS) is 16.7. The largest absolute Gasteiger partial charge is 0.493 e. The number of thioether (sulfide) groups is 1. The summed E-state index contributed by atoms with van der Waals surface area (Å²) in [7, 11) is 4.28. The van der Waals surface area contributed by atoms with Crippen molar-refractivity contribution >= 4 is 52.7 Å². The first-order valence-corrected chi connectivity index (χ1v) is 12.3. The third-order valence-corrected chi connectivity index (χ3v) is 7.10. The van der Waals surface area contributed by atoms with Gasteiger partial charge in [-0.1, -0.05) is 23.7 Å². The molecule has 10 nitrogen and oxygen atoms in total. The molecule has 0 aliphatic carbocycles. The van der Waals surface area contributed by atoms with Gasteiger partial charge in [0.2, 0.25) is 11.8 Å². The highest BCUT2D eigenvalue weighted by Crippen LogP contribution is 2.49. The molecule has 0 bridgehead atoms. The maximum atomic E-state index is 13.0. The summed E-state index contributed by atoms with van der Waals surface area (Å²) in [5.41, 5.74) is 1.36. The van der Waals surface area contributed by atoms with E-state index in [9.17, 15) is 19.2 Å². The molecule has 1 aromatic carbocycles. The second kappa shape index (κ2) is 12.6.